The van der Waals surface area contributed by atoms with Gasteiger partial charge in [0.15, 0.2) is 0 Å². The molecule has 0 aliphatic heterocycles. The van der Waals surface area contributed by atoms with E-state index in [1.165, 1.54) is 0 Å². The minimum absolute atomic E-state index is 0.192. The van der Waals surface area contributed by atoms with Crippen molar-refractivity contribution in [3.8, 4) is 0 Å². The second-order valence-corrected chi connectivity index (χ2v) is 4.29. The van der Waals surface area contributed by atoms with E-state index in [4.69, 9.17) is 5.73 Å². The lowest BCUT2D eigenvalue weighted by molar-refractivity contribution is 0.102. The Morgan fingerprint density at radius 1 is 1.05 bits per heavy atom. The Kier molecular flexibility index (Phi) is 3.01. The number of nitrogen functional groups attached to an aromatic ring is 1. The van der Waals surface area contributed by atoms with Gasteiger partial charge in [0.1, 0.15) is 0 Å². The van der Waals surface area contributed by atoms with Gasteiger partial charge in [-0.15, -0.1) is 0 Å². The third-order valence-corrected chi connectivity index (χ3v) is 2.99. The van der Waals surface area contributed by atoms with Gasteiger partial charge in [-0.25, -0.2) is 0 Å². The summed E-state index contributed by atoms with van der Waals surface area (Å²) in [5, 5.41) is 3.68. The van der Waals surface area contributed by atoms with E-state index in [9.17, 15) is 4.79 Å². The summed E-state index contributed by atoms with van der Waals surface area (Å²) in [5.74, 6) is -0.192. The number of anilines is 2. The van der Waals surface area contributed by atoms with Crippen LogP contribution < -0.4 is 11.1 Å². The fourth-order valence-electron chi connectivity index (χ4n) is 2.00. The largest absolute Gasteiger partial charge is 0.397 e. The predicted octanol–water partition coefficient (Wildman–Crippen LogP) is 2.46. The van der Waals surface area contributed by atoms with Crippen LogP contribution in [-0.4, -0.2) is 15.9 Å². The predicted molar refractivity (Wildman–Crippen MR) is 78.3 cm³/mol. The summed E-state index contributed by atoms with van der Waals surface area (Å²) in [6.07, 6.45) is 4.84. The lowest BCUT2D eigenvalue weighted by Gasteiger charge is -2.09. The van der Waals surface area contributed by atoms with Crippen molar-refractivity contribution >= 4 is 28.2 Å². The highest BCUT2D eigenvalue weighted by Crippen LogP contribution is 2.26. The molecular formula is C15H12N4O. The Labute approximate surface area is 115 Å². The first-order valence-corrected chi connectivity index (χ1v) is 6.10. The zero-order chi connectivity index (χ0) is 13.9. The first-order chi connectivity index (χ1) is 9.75. The molecule has 0 bridgehead atoms. The van der Waals surface area contributed by atoms with Crippen molar-refractivity contribution < 1.29 is 4.79 Å². The van der Waals surface area contributed by atoms with Crippen LogP contribution in [0.2, 0.25) is 0 Å². The molecule has 20 heavy (non-hydrogen) atoms. The number of rotatable bonds is 2. The van der Waals surface area contributed by atoms with Crippen LogP contribution in [0, 0.1) is 0 Å². The molecule has 5 nitrogen and oxygen atoms in total. The van der Waals surface area contributed by atoms with Gasteiger partial charge in [-0.1, -0.05) is 0 Å². The molecule has 0 fully saturated rings. The standard InChI is InChI=1S/C15H12N4O/c16-12-3-4-13(11-2-1-7-18-14(11)12)19-15(20)10-5-8-17-9-6-10/h1-9H,16H2,(H,19,20). The van der Waals surface area contributed by atoms with Gasteiger partial charge in [0, 0.05) is 29.5 Å². The maximum Gasteiger partial charge on any atom is 0.255 e. The van der Waals surface area contributed by atoms with Crippen LogP contribution in [0.15, 0.2) is 55.0 Å². The van der Waals surface area contributed by atoms with Gasteiger partial charge in [-0.05, 0) is 36.4 Å². The van der Waals surface area contributed by atoms with E-state index < -0.39 is 0 Å². The number of hydrogen-bond donors (Lipinski definition) is 2. The highest BCUT2D eigenvalue weighted by atomic mass is 16.1. The van der Waals surface area contributed by atoms with Crippen molar-refractivity contribution in [3.05, 3.63) is 60.6 Å². The van der Waals surface area contributed by atoms with Crippen LogP contribution in [-0.2, 0) is 0 Å². The molecule has 0 saturated heterocycles. The van der Waals surface area contributed by atoms with E-state index >= 15 is 0 Å². The maximum absolute atomic E-state index is 12.2. The Bertz CT molecular complexity index is 771. The number of fused-ring (bicyclic) bond motifs is 1. The van der Waals surface area contributed by atoms with Gasteiger partial charge in [-0.3, -0.25) is 14.8 Å². The first-order valence-electron chi connectivity index (χ1n) is 6.10. The number of carbonyl (C=O) groups is 1. The van der Waals surface area contributed by atoms with Crippen LogP contribution in [0.3, 0.4) is 0 Å². The quantitative estimate of drug-likeness (QED) is 0.697. The normalized spacial score (nSPS) is 10.4. The molecule has 3 rings (SSSR count). The Balaban J connectivity index is 2.00. The molecule has 0 atom stereocenters. The summed E-state index contributed by atoms with van der Waals surface area (Å²) >= 11 is 0. The molecule has 0 radical (unpaired) electrons. The van der Waals surface area contributed by atoms with Crippen molar-refractivity contribution in [2.24, 2.45) is 0 Å². The van der Waals surface area contributed by atoms with E-state index in [-0.39, 0.29) is 5.91 Å². The molecule has 0 aliphatic carbocycles. The minimum Gasteiger partial charge on any atom is -0.397 e. The number of hydrogen-bond acceptors (Lipinski definition) is 4. The molecule has 2 heterocycles. The van der Waals surface area contributed by atoms with Crippen molar-refractivity contribution in [1.29, 1.82) is 0 Å². The van der Waals surface area contributed by atoms with Crippen molar-refractivity contribution in [3.63, 3.8) is 0 Å². The fraction of sp³-hybridized carbons (Fsp3) is 0. The summed E-state index contributed by atoms with van der Waals surface area (Å²) in [7, 11) is 0. The number of aromatic nitrogens is 2. The molecule has 0 aliphatic rings. The monoisotopic (exact) mass is 264 g/mol. The Hall–Kier alpha value is -2.95. The second kappa shape index (κ2) is 4.97. The van der Waals surface area contributed by atoms with E-state index in [1.54, 1.807) is 42.9 Å². The van der Waals surface area contributed by atoms with Crippen LogP contribution in [0.25, 0.3) is 10.9 Å². The number of pyridine rings is 2. The summed E-state index contributed by atoms with van der Waals surface area (Å²) < 4.78 is 0. The Morgan fingerprint density at radius 3 is 2.65 bits per heavy atom. The topological polar surface area (TPSA) is 80.9 Å². The second-order valence-electron chi connectivity index (χ2n) is 4.29. The molecule has 5 heteroatoms. The van der Waals surface area contributed by atoms with Gasteiger partial charge in [0.2, 0.25) is 0 Å². The average molecular weight is 264 g/mol. The lowest BCUT2D eigenvalue weighted by Crippen LogP contribution is -2.12. The van der Waals surface area contributed by atoms with Crippen LogP contribution in [0.5, 0.6) is 0 Å². The molecule has 2 aromatic heterocycles. The number of nitrogens with one attached hydrogen (secondary N) is 1. The number of nitrogens with zero attached hydrogens (tertiary/aromatic N) is 2. The van der Waals surface area contributed by atoms with E-state index in [0.717, 1.165) is 5.39 Å². The fourth-order valence-corrected chi connectivity index (χ4v) is 2.00. The molecule has 0 spiro atoms. The van der Waals surface area contributed by atoms with Gasteiger partial charge >= 0.3 is 0 Å². The van der Waals surface area contributed by atoms with Crippen molar-refractivity contribution in [2.75, 3.05) is 11.1 Å². The molecular weight excluding hydrogens is 252 g/mol. The zero-order valence-electron chi connectivity index (χ0n) is 10.6. The number of carbonyl (C=O) groups excluding carboxylic acids is 1. The van der Waals surface area contributed by atoms with Gasteiger partial charge in [-0.2, -0.15) is 0 Å². The maximum atomic E-state index is 12.2. The van der Waals surface area contributed by atoms with Crippen molar-refractivity contribution in [2.45, 2.75) is 0 Å². The van der Waals surface area contributed by atoms with Crippen molar-refractivity contribution in [1.82, 2.24) is 9.97 Å². The highest BCUT2D eigenvalue weighted by Gasteiger charge is 2.09. The molecule has 1 aromatic carbocycles. The smallest absolute Gasteiger partial charge is 0.255 e. The van der Waals surface area contributed by atoms with Crippen LogP contribution in [0.4, 0.5) is 11.4 Å². The van der Waals surface area contributed by atoms with E-state index in [1.807, 2.05) is 12.1 Å². The summed E-state index contributed by atoms with van der Waals surface area (Å²) in [6, 6.07) is 10.5. The first kappa shape index (κ1) is 12.1. The summed E-state index contributed by atoms with van der Waals surface area (Å²) in [6.45, 7) is 0. The zero-order valence-corrected chi connectivity index (χ0v) is 10.6. The SMILES string of the molecule is Nc1ccc(NC(=O)c2ccncc2)c2cccnc12. The minimum atomic E-state index is -0.192. The molecule has 3 aromatic rings. The number of nitrogens with two attached hydrogens (primary N) is 1. The van der Waals surface area contributed by atoms with Crippen LogP contribution in [0.1, 0.15) is 10.4 Å². The number of amides is 1. The third-order valence-electron chi connectivity index (χ3n) is 2.99. The summed E-state index contributed by atoms with van der Waals surface area (Å²) in [5.41, 5.74) is 8.38. The van der Waals surface area contributed by atoms with Gasteiger partial charge in [0.25, 0.3) is 5.91 Å². The molecule has 0 unspecified atom stereocenters. The molecule has 1 amide bonds. The third kappa shape index (κ3) is 2.16. The highest BCUT2D eigenvalue weighted by molar-refractivity contribution is 6.10. The molecule has 3 N–H and O–H groups in total. The number of benzene rings is 1. The van der Waals surface area contributed by atoms with Crippen LogP contribution >= 0.6 is 0 Å². The lowest BCUT2D eigenvalue weighted by atomic mass is 10.1. The van der Waals surface area contributed by atoms with Gasteiger partial charge in [0.05, 0.1) is 16.9 Å². The summed E-state index contributed by atoms with van der Waals surface area (Å²) in [4.78, 5) is 20.3. The molecule has 98 valence electrons. The van der Waals surface area contributed by atoms with E-state index in [0.29, 0.717) is 22.5 Å². The average Bonchev–Trinajstić information content (AvgIpc) is 2.51. The Morgan fingerprint density at radius 2 is 1.85 bits per heavy atom. The molecule has 0 saturated carbocycles. The van der Waals surface area contributed by atoms with Gasteiger partial charge < -0.3 is 11.1 Å². The van der Waals surface area contributed by atoms with E-state index in [2.05, 4.69) is 15.3 Å².